The zero-order chi connectivity index (χ0) is 14.5. The van der Waals surface area contributed by atoms with Gasteiger partial charge in [-0.3, -0.25) is 0 Å². The van der Waals surface area contributed by atoms with Gasteiger partial charge in [-0.15, -0.1) is 11.3 Å². The monoisotopic (exact) mass is 290 g/mol. The third-order valence-corrected chi connectivity index (χ3v) is 4.47. The molecular weight excluding hydrogens is 268 g/mol. The predicted molar refractivity (Wildman–Crippen MR) is 84.3 cm³/mol. The Morgan fingerprint density at radius 1 is 1.25 bits per heavy atom. The van der Waals surface area contributed by atoms with Gasteiger partial charge in [0.1, 0.15) is 0 Å². The summed E-state index contributed by atoms with van der Waals surface area (Å²) in [5.74, 6) is 0. The molecule has 4 heteroatoms. The van der Waals surface area contributed by atoms with E-state index in [9.17, 15) is 0 Å². The van der Waals surface area contributed by atoms with Gasteiger partial charge in [0, 0.05) is 25.0 Å². The second kappa shape index (κ2) is 6.97. The van der Waals surface area contributed by atoms with Crippen LogP contribution in [0, 0.1) is 13.8 Å². The quantitative estimate of drug-likeness (QED) is 0.887. The lowest BCUT2D eigenvalue weighted by Crippen LogP contribution is -2.06. The second-order valence-corrected chi connectivity index (χ2v) is 6.20. The summed E-state index contributed by atoms with van der Waals surface area (Å²) >= 11 is 1.78. The van der Waals surface area contributed by atoms with E-state index >= 15 is 0 Å². The maximum Gasteiger partial charge on any atom is 0.0976 e. The number of thiazole rings is 1. The summed E-state index contributed by atoms with van der Waals surface area (Å²) in [6.45, 7) is 5.73. The maximum absolute atomic E-state index is 5.23. The Hall–Kier alpha value is -1.23. The van der Waals surface area contributed by atoms with Crippen molar-refractivity contribution < 1.29 is 4.74 Å². The molecule has 0 aliphatic heterocycles. The van der Waals surface area contributed by atoms with Crippen LogP contribution in [-0.2, 0) is 24.3 Å². The molecule has 0 saturated carbocycles. The lowest BCUT2D eigenvalue weighted by molar-refractivity contribution is 0.181. The number of ether oxygens (including phenoxy) is 1. The standard InChI is InChI=1S/C16H22N2OS/c1-11-5-6-13(7-12(11)2)8-16-18-14(10-19-4)15(20-16)9-17-3/h5-7,17H,8-10H2,1-4H3. The van der Waals surface area contributed by atoms with Crippen LogP contribution in [0.5, 0.6) is 0 Å². The molecule has 1 aromatic carbocycles. The first kappa shape index (κ1) is 15.2. The molecule has 2 aromatic rings. The largest absolute Gasteiger partial charge is 0.378 e. The molecule has 1 aromatic heterocycles. The van der Waals surface area contributed by atoms with Gasteiger partial charge in [-0.1, -0.05) is 18.2 Å². The van der Waals surface area contributed by atoms with Crippen LogP contribution in [0.4, 0.5) is 0 Å². The zero-order valence-electron chi connectivity index (χ0n) is 12.6. The van der Waals surface area contributed by atoms with Crippen LogP contribution in [0.1, 0.15) is 32.3 Å². The van der Waals surface area contributed by atoms with E-state index in [1.54, 1.807) is 18.4 Å². The van der Waals surface area contributed by atoms with E-state index in [1.165, 1.54) is 21.6 Å². The Morgan fingerprint density at radius 2 is 2.05 bits per heavy atom. The highest BCUT2D eigenvalue weighted by molar-refractivity contribution is 7.11. The zero-order valence-corrected chi connectivity index (χ0v) is 13.4. The van der Waals surface area contributed by atoms with Gasteiger partial charge in [0.2, 0.25) is 0 Å². The Balaban J connectivity index is 2.19. The molecule has 1 N–H and O–H groups in total. The number of aryl methyl sites for hydroxylation is 2. The van der Waals surface area contributed by atoms with Gasteiger partial charge >= 0.3 is 0 Å². The van der Waals surface area contributed by atoms with E-state index < -0.39 is 0 Å². The van der Waals surface area contributed by atoms with Gasteiger partial charge in [-0.2, -0.15) is 0 Å². The highest BCUT2D eigenvalue weighted by Crippen LogP contribution is 2.22. The van der Waals surface area contributed by atoms with Gasteiger partial charge < -0.3 is 10.1 Å². The van der Waals surface area contributed by atoms with E-state index in [0.717, 1.165) is 23.7 Å². The Labute approximate surface area is 125 Å². The highest BCUT2D eigenvalue weighted by atomic mass is 32.1. The summed E-state index contributed by atoms with van der Waals surface area (Å²) in [6, 6.07) is 6.63. The molecule has 0 saturated heterocycles. The number of hydrogen-bond donors (Lipinski definition) is 1. The van der Waals surface area contributed by atoms with Gasteiger partial charge in [0.25, 0.3) is 0 Å². The van der Waals surface area contributed by atoms with Gasteiger partial charge in [0.05, 0.1) is 17.3 Å². The fourth-order valence-corrected chi connectivity index (χ4v) is 3.27. The third kappa shape index (κ3) is 3.66. The summed E-state index contributed by atoms with van der Waals surface area (Å²) in [5.41, 5.74) is 5.06. The van der Waals surface area contributed by atoms with Crippen LogP contribution in [0.15, 0.2) is 18.2 Å². The smallest absolute Gasteiger partial charge is 0.0976 e. The first-order valence-corrected chi connectivity index (χ1v) is 7.62. The molecule has 0 bridgehead atoms. The summed E-state index contributed by atoms with van der Waals surface area (Å²) in [4.78, 5) is 5.99. The number of nitrogens with zero attached hydrogens (tertiary/aromatic N) is 1. The molecule has 0 amide bonds. The van der Waals surface area contributed by atoms with Crippen molar-refractivity contribution in [3.8, 4) is 0 Å². The van der Waals surface area contributed by atoms with E-state index in [1.807, 2.05) is 7.05 Å². The molecular formula is C16H22N2OS. The molecule has 20 heavy (non-hydrogen) atoms. The molecule has 0 atom stereocenters. The maximum atomic E-state index is 5.23. The average molecular weight is 290 g/mol. The summed E-state index contributed by atoms with van der Waals surface area (Å²) in [6.07, 6.45) is 0.895. The molecule has 0 spiro atoms. The number of hydrogen-bond acceptors (Lipinski definition) is 4. The van der Waals surface area contributed by atoms with Gasteiger partial charge in [-0.25, -0.2) is 4.98 Å². The van der Waals surface area contributed by atoms with Crippen LogP contribution in [0.3, 0.4) is 0 Å². The lowest BCUT2D eigenvalue weighted by Gasteiger charge is -2.03. The van der Waals surface area contributed by atoms with Crippen LogP contribution in [0.25, 0.3) is 0 Å². The Morgan fingerprint density at radius 3 is 2.70 bits per heavy atom. The summed E-state index contributed by atoms with van der Waals surface area (Å²) < 4.78 is 5.23. The van der Waals surface area contributed by atoms with Crippen molar-refractivity contribution in [3.63, 3.8) is 0 Å². The van der Waals surface area contributed by atoms with Crippen molar-refractivity contribution in [3.05, 3.63) is 50.5 Å². The first-order valence-electron chi connectivity index (χ1n) is 6.81. The number of rotatable bonds is 6. The van der Waals surface area contributed by atoms with E-state index in [4.69, 9.17) is 9.72 Å². The molecule has 3 nitrogen and oxygen atoms in total. The van der Waals surface area contributed by atoms with Crippen molar-refractivity contribution in [2.45, 2.75) is 33.4 Å². The van der Waals surface area contributed by atoms with E-state index in [-0.39, 0.29) is 0 Å². The molecule has 0 unspecified atom stereocenters. The van der Waals surface area contributed by atoms with Crippen LogP contribution in [0.2, 0.25) is 0 Å². The van der Waals surface area contributed by atoms with E-state index in [2.05, 4.69) is 37.4 Å². The predicted octanol–water partition coefficient (Wildman–Crippen LogP) is 3.22. The molecule has 1 heterocycles. The topological polar surface area (TPSA) is 34.2 Å². The molecule has 108 valence electrons. The normalized spacial score (nSPS) is 11.0. The number of benzene rings is 1. The van der Waals surface area contributed by atoms with Crippen molar-refractivity contribution >= 4 is 11.3 Å². The molecule has 0 radical (unpaired) electrons. The fraction of sp³-hybridized carbons (Fsp3) is 0.438. The second-order valence-electron chi connectivity index (χ2n) is 5.04. The Kier molecular flexibility index (Phi) is 5.29. The minimum absolute atomic E-state index is 0.584. The third-order valence-electron chi connectivity index (χ3n) is 3.37. The average Bonchev–Trinajstić information content (AvgIpc) is 2.77. The molecule has 0 aliphatic rings. The van der Waals surface area contributed by atoms with Crippen LogP contribution in [-0.4, -0.2) is 19.1 Å². The Bertz CT molecular complexity index is 554. The fourth-order valence-electron chi connectivity index (χ4n) is 2.15. The summed E-state index contributed by atoms with van der Waals surface area (Å²) in [5, 5.41) is 4.35. The number of nitrogens with one attached hydrogen (secondary N) is 1. The highest BCUT2D eigenvalue weighted by Gasteiger charge is 2.11. The lowest BCUT2D eigenvalue weighted by atomic mass is 10.0. The first-order chi connectivity index (χ1) is 9.63. The molecule has 0 aliphatic carbocycles. The van der Waals surface area contributed by atoms with Crippen molar-refractivity contribution in [2.24, 2.45) is 0 Å². The number of methoxy groups -OCH3 is 1. The summed E-state index contributed by atoms with van der Waals surface area (Å²) in [7, 11) is 3.67. The van der Waals surface area contributed by atoms with Crippen LogP contribution < -0.4 is 5.32 Å². The minimum Gasteiger partial charge on any atom is -0.378 e. The molecule has 0 fully saturated rings. The van der Waals surface area contributed by atoms with Crippen molar-refractivity contribution in [2.75, 3.05) is 14.2 Å². The SMILES string of the molecule is CNCc1sc(Cc2ccc(C)c(C)c2)nc1COC. The van der Waals surface area contributed by atoms with Gasteiger partial charge in [0.15, 0.2) is 0 Å². The van der Waals surface area contributed by atoms with Crippen molar-refractivity contribution in [1.82, 2.24) is 10.3 Å². The van der Waals surface area contributed by atoms with Crippen molar-refractivity contribution in [1.29, 1.82) is 0 Å². The number of aromatic nitrogens is 1. The molecule has 2 rings (SSSR count). The minimum atomic E-state index is 0.584. The van der Waals surface area contributed by atoms with Gasteiger partial charge in [-0.05, 0) is 37.6 Å². The van der Waals surface area contributed by atoms with Crippen LogP contribution >= 0.6 is 11.3 Å². The van der Waals surface area contributed by atoms with E-state index in [0.29, 0.717) is 6.61 Å².